The summed E-state index contributed by atoms with van der Waals surface area (Å²) in [5.41, 5.74) is 1.77. The molecule has 0 unspecified atom stereocenters. The van der Waals surface area contributed by atoms with E-state index in [1.165, 1.54) is 30.5 Å². The number of fused-ring (bicyclic) bond motifs is 1. The summed E-state index contributed by atoms with van der Waals surface area (Å²) >= 11 is 12.0. The zero-order valence-corrected chi connectivity index (χ0v) is 25.1. The Labute approximate surface area is 262 Å². The van der Waals surface area contributed by atoms with Crippen molar-refractivity contribution in [3.8, 4) is 11.7 Å². The molecule has 0 bridgehead atoms. The van der Waals surface area contributed by atoms with E-state index < -0.39 is 28.8 Å². The third-order valence-electron chi connectivity index (χ3n) is 6.75. The van der Waals surface area contributed by atoms with Gasteiger partial charge in [0.1, 0.15) is 12.6 Å². The maximum Gasteiger partial charge on any atom is 0.324 e. The molecule has 226 valence electrons. The van der Waals surface area contributed by atoms with Crippen LogP contribution in [0.5, 0.6) is 5.88 Å². The van der Waals surface area contributed by atoms with Gasteiger partial charge in [0.2, 0.25) is 5.88 Å². The van der Waals surface area contributed by atoms with E-state index in [-0.39, 0.29) is 26.7 Å². The number of nitrogens with zero attached hydrogens (tertiary/aromatic N) is 4. The number of hydrogen-bond donors (Lipinski definition) is 1. The van der Waals surface area contributed by atoms with Crippen molar-refractivity contribution in [2.24, 2.45) is 0 Å². The van der Waals surface area contributed by atoms with Crippen molar-refractivity contribution in [2.75, 3.05) is 24.1 Å². The number of halogens is 2. The van der Waals surface area contributed by atoms with Crippen molar-refractivity contribution < 1.29 is 32.5 Å². The number of hydrogen-bond acceptors (Lipinski definition) is 8. The molecule has 11 nitrogen and oxygen atoms in total. The Balaban J connectivity index is 1.19. The third kappa shape index (κ3) is 6.35. The first-order valence-electron chi connectivity index (χ1n) is 13.3. The van der Waals surface area contributed by atoms with Crippen LogP contribution < -0.4 is 9.04 Å². The minimum absolute atomic E-state index is 0.105. The SMILES string of the molecule is O=C(O)CN(c1ccc2c(ccn2-c2cnc(OC3COC(c4ccccc4)OC3)cn2)c1)S(=O)(=O)c1cc(Cl)cc(Cl)c1. The molecule has 1 saturated heterocycles. The molecule has 1 fully saturated rings. The lowest BCUT2D eigenvalue weighted by Gasteiger charge is -2.29. The van der Waals surface area contributed by atoms with E-state index in [4.69, 9.17) is 37.4 Å². The second-order valence-corrected chi connectivity index (χ2v) is 12.5. The van der Waals surface area contributed by atoms with Gasteiger partial charge in [0.05, 0.1) is 41.7 Å². The van der Waals surface area contributed by atoms with Crippen LogP contribution in [0.4, 0.5) is 5.69 Å². The van der Waals surface area contributed by atoms with Gasteiger partial charge in [-0.25, -0.2) is 18.4 Å². The van der Waals surface area contributed by atoms with Crippen LogP contribution in [0, 0.1) is 0 Å². The van der Waals surface area contributed by atoms with Gasteiger partial charge >= 0.3 is 5.97 Å². The monoisotopic (exact) mass is 654 g/mol. The molecular weight excluding hydrogens is 631 g/mol. The molecule has 5 aromatic rings. The molecule has 1 aliphatic heterocycles. The first-order valence-corrected chi connectivity index (χ1v) is 15.5. The minimum Gasteiger partial charge on any atom is -0.480 e. The van der Waals surface area contributed by atoms with Gasteiger partial charge in [0, 0.05) is 27.2 Å². The number of sulfonamides is 1. The Bertz CT molecular complexity index is 1890. The van der Waals surface area contributed by atoms with Crippen molar-refractivity contribution in [3.63, 3.8) is 0 Å². The smallest absolute Gasteiger partial charge is 0.324 e. The Morgan fingerprint density at radius 1 is 0.977 bits per heavy atom. The quantitative estimate of drug-likeness (QED) is 0.219. The standard InChI is InChI=1S/C30H24Cl2N4O7S/c31-21-11-22(32)13-25(12-21)44(39,40)36(16-29(37)38)23-6-7-26-20(10-23)8-9-35(26)27-14-34-28(15-33-27)43-24-17-41-30(42-18-24)19-4-2-1-3-5-19/h1-15,24,30H,16-18H2,(H,37,38). The predicted molar refractivity (Wildman–Crippen MR) is 163 cm³/mol. The van der Waals surface area contributed by atoms with Gasteiger partial charge in [-0.2, -0.15) is 0 Å². The molecule has 0 spiro atoms. The van der Waals surface area contributed by atoms with Crippen LogP contribution in [0.1, 0.15) is 11.9 Å². The predicted octanol–water partition coefficient (Wildman–Crippen LogP) is 5.50. The summed E-state index contributed by atoms with van der Waals surface area (Å²) in [5, 5.41) is 10.4. The number of carboxylic acids is 1. The third-order valence-corrected chi connectivity index (χ3v) is 8.94. The summed E-state index contributed by atoms with van der Waals surface area (Å²) in [4.78, 5) is 20.3. The van der Waals surface area contributed by atoms with Gasteiger partial charge in [0.15, 0.2) is 12.1 Å². The highest BCUT2D eigenvalue weighted by molar-refractivity contribution is 7.92. The molecule has 1 aliphatic rings. The summed E-state index contributed by atoms with van der Waals surface area (Å²) in [6.45, 7) is -0.158. The fourth-order valence-electron chi connectivity index (χ4n) is 4.75. The van der Waals surface area contributed by atoms with E-state index >= 15 is 0 Å². The average Bonchev–Trinajstić information content (AvgIpc) is 3.44. The van der Waals surface area contributed by atoms with E-state index in [2.05, 4.69) is 9.97 Å². The van der Waals surface area contributed by atoms with Gasteiger partial charge in [-0.1, -0.05) is 53.5 Å². The van der Waals surface area contributed by atoms with Gasteiger partial charge in [-0.05, 0) is 42.5 Å². The lowest BCUT2D eigenvalue weighted by Crippen LogP contribution is -2.35. The Kier molecular flexibility index (Phi) is 8.43. The van der Waals surface area contributed by atoms with E-state index in [0.29, 0.717) is 35.8 Å². The van der Waals surface area contributed by atoms with E-state index in [9.17, 15) is 18.3 Å². The molecule has 0 radical (unpaired) electrons. The number of anilines is 1. The number of carbonyl (C=O) groups is 1. The largest absolute Gasteiger partial charge is 0.480 e. The van der Waals surface area contributed by atoms with Crippen molar-refractivity contribution >= 4 is 55.8 Å². The topological polar surface area (TPSA) is 133 Å². The van der Waals surface area contributed by atoms with Gasteiger partial charge in [0.25, 0.3) is 10.0 Å². The van der Waals surface area contributed by atoms with Crippen LogP contribution in [0.25, 0.3) is 16.7 Å². The van der Waals surface area contributed by atoms with Gasteiger partial charge < -0.3 is 19.3 Å². The molecule has 3 heterocycles. The first kappa shape index (κ1) is 29.9. The Morgan fingerprint density at radius 2 is 1.70 bits per heavy atom. The molecule has 0 atom stereocenters. The van der Waals surface area contributed by atoms with Crippen molar-refractivity contribution in [1.82, 2.24) is 14.5 Å². The number of ether oxygens (including phenoxy) is 3. The van der Waals surface area contributed by atoms with Crippen LogP contribution >= 0.6 is 23.2 Å². The highest BCUT2D eigenvalue weighted by Crippen LogP contribution is 2.31. The second-order valence-electron chi connectivity index (χ2n) is 9.80. The number of rotatable bonds is 9. The fraction of sp³-hybridized carbons (Fsp3) is 0.167. The molecule has 14 heteroatoms. The van der Waals surface area contributed by atoms with Gasteiger partial charge in [-0.3, -0.25) is 13.7 Å². The molecule has 0 amide bonds. The van der Waals surface area contributed by atoms with Gasteiger partial charge in [-0.15, -0.1) is 0 Å². The second kappa shape index (κ2) is 12.4. The molecule has 3 aromatic carbocycles. The maximum absolute atomic E-state index is 13.5. The van der Waals surface area contributed by atoms with Crippen LogP contribution in [-0.4, -0.2) is 59.9 Å². The minimum atomic E-state index is -4.32. The maximum atomic E-state index is 13.5. The summed E-state index contributed by atoms with van der Waals surface area (Å²) in [6, 6.07) is 20.0. The molecule has 1 N–H and O–H groups in total. The van der Waals surface area contributed by atoms with Crippen LogP contribution in [0.15, 0.2) is 96.3 Å². The Hall–Kier alpha value is -4.20. The number of aromatic nitrogens is 3. The van der Waals surface area contributed by atoms with Crippen molar-refractivity contribution in [1.29, 1.82) is 0 Å². The highest BCUT2D eigenvalue weighted by atomic mass is 35.5. The number of benzene rings is 3. The van der Waals surface area contributed by atoms with Crippen LogP contribution in [0.2, 0.25) is 10.0 Å². The summed E-state index contributed by atoms with van der Waals surface area (Å²) < 4.78 is 47.0. The molecule has 0 aliphatic carbocycles. The van der Waals surface area contributed by atoms with Crippen molar-refractivity contribution in [3.05, 3.63) is 107 Å². The molecule has 6 rings (SSSR count). The fourth-order valence-corrected chi connectivity index (χ4v) is 6.88. The summed E-state index contributed by atoms with van der Waals surface area (Å²) in [5.74, 6) is -0.540. The number of carboxylic acid groups (broad SMARTS) is 1. The molecular formula is C30H24Cl2N4O7S. The summed E-state index contributed by atoms with van der Waals surface area (Å²) in [7, 11) is -4.32. The number of aliphatic carboxylic acids is 1. The van der Waals surface area contributed by atoms with E-state index in [0.717, 1.165) is 9.87 Å². The molecule has 2 aromatic heterocycles. The zero-order chi connectivity index (χ0) is 30.8. The summed E-state index contributed by atoms with van der Waals surface area (Å²) in [6.07, 6.45) is 3.99. The normalized spacial score (nSPS) is 17.0. The van der Waals surface area contributed by atoms with Crippen LogP contribution in [0.3, 0.4) is 0 Å². The lowest BCUT2D eigenvalue weighted by molar-refractivity contribution is -0.216. The van der Waals surface area contributed by atoms with Crippen molar-refractivity contribution in [2.45, 2.75) is 17.3 Å². The Morgan fingerprint density at radius 3 is 2.36 bits per heavy atom. The van der Waals surface area contributed by atoms with Crippen LogP contribution in [-0.2, 0) is 24.3 Å². The van der Waals surface area contributed by atoms with E-state index in [1.54, 1.807) is 35.2 Å². The lowest BCUT2D eigenvalue weighted by atomic mass is 10.2. The highest BCUT2D eigenvalue weighted by Gasteiger charge is 2.29. The van der Waals surface area contributed by atoms with E-state index in [1.807, 2.05) is 30.3 Å². The zero-order valence-electron chi connectivity index (χ0n) is 22.8. The average molecular weight is 656 g/mol. The molecule has 0 saturated carbocycles. The molecule has 44 heavy (non-hydrogen) atoms. The first-order chi connectivity index (χ1) is 21.2.